The number of nitrogens with zero attached hydrogens (tertiary/aromatic N) is 12. The van der Waals surface area contributed by atoms with Crippen LogP contribution in [0.3, 0.4) is 0 Å². The van der Waals surface area contributed by atoms with Gasteiger partial charge in [-0.05, 0) is 36.4 Å². The zero-order chi connectivity index (χ0) is 60.5. The van der Waals surface area contributed by atoms with E-state index in [4.69, 9.17) is 54.8 Å². The topological polar surface area (TPSA) is 147 Å². The molecule has 12 heteroatoms. The first kappa shape index (κ1) is 53.8. The van der Waals surface area contributed by atoms with Crippen molar-refractivity contribution in [2.45, 2.75) is 0 Å². The Morgan fingerprint density at radius 1 is 0.176 bits per heavy atom. The van der Waals surface area contributed by atoms with Crippen molar-refractivity contribution in [2.75, 3.05) is 0 Å². The minimum Gasteiger partial charge on any atom is -0.308 e. The lowest BCUT2D eigenvalue weighted by molar-refractivity contribution is 1.07. The van der Waals surface area contributed by atoms with Crippen LogP contribution in [0.15, 0.2) is 303 Å². The molecule has 91 heavy (non-hydrogen) atoms. The van der Waals surface area contributed by atoms with Crippen LogP contribution >= 0.6 is 0 Å². The average molecular weight is 1170 g/mol. The first-order chi connectivity index (χ1) is 45.1. The molecule has 12 nitrogen and oxygen atoms in total. The number of aromatic nitrogens is 12. The van der Waals surface area contributed by atoms with Crippen LogP contribution in [-0.4, -0.2) is 59.4 Å². The highest BCUT2D eigenvalue weighted by Crippen LogP contribution is 2.42. The third kappa shape index (κ3) is 10.7. The summed E-state index contributed by atoms with van der Waals surface area (Å²) in [7, 11) is 0. The van der Waals surface area contributed by atoms with Gasteiger partial charge in [-0.15, -0.1) is 0 Å². The van der Waals surface area contributed by atoms with E-state index in [1.165, 1.54) is 0 Å². The van der Waals surface area contributed by atoms with Crippen molar-refractivity contribution in [1.82, 2.24) is 59.4 Å². The van der Waals surface area contributed by atoms with E-state index in [0.29, 0.717) is 63.8 Å². The molecule has 0 aliphatic carbocycles. The predicted octanol–water partition coefficient (Wildman–Crippen LogP) is 18.1. The molecular weight excluding hydrogens is 1120 g/mol. The Morgan fingerprint density at radius 2 is 0.418 bits per heavy atom. The highest BCUT2D eigenvalue weighted by Gasteiger charge is 2.24. The van der Waals surface area contributed by atoms with Crippen LogP contribution in [0.25, 0.3) is 164 Å². The molecule has 0 aliphatic heterocycles. The Labute approximate surface area is 523 Å². The summed E-state index contributed by atoms with van der Waals surface area (Å²) >= 11 is 0. The van der Waals surface area contributed by atoms with Crippen molar-refractivity contribution in [3.05, 3.63) is 303 Å². The molecule has 0 aliphatic rings. The van der Waals surface area contributed by atoms with Crippen LogP contribution in [0.5, 0.6) is 0 Å². The monoisotopic (exact) mass is 1170 g/mol. The van der Waals surface area contributed by atoms with E-state index < -0.39 is 0 Å². The van der Waals surface area contributed by atoms with Crippen molar-refractivity contribution in [2.24, 2.45) is 0 Å². The van der Waals surface area contributed by atoms with Crippen molar-refractivity contribution in [3.8, 4) is 142 Å². The SMILES string of the molecule is c1ccc(-c2cc(-c3ccccc3)nc(-c3cc(-c4nc(-c5ccccc5)nc(-c5ccccc5)n4)ccc3-n3c4cc(-c5nc(-c6ccccc6)nc(-c6ccccc6)n5)ccc4c4ccc(-c5nc(-c6ccccc6)nc(-c6ccccc6)n5)cc43)n2)cc1. The van der Waals surface area contributed by atoms with Gasteiger partial charge in [0.25, 0.3) is 0 Å². The van der Waals surface area contributed by atoms with Crippen molar-refractivity contribution in [3.63, 3.8) is 0 Å². The summed E-state index contributed by atoms with van der Waals surface area (Å²) in [5, 5.41) is 1.96. The molecule has 5 aromatic heterocycles. The van der Waals surface area contributed by atoms with E-state index in [1.54, 1.807) is 0 Å². The summed E-state index contributed by atoms with van der Waals surface area (Å²) in [5.74, 6) is 5.30. The summed E-state index contributed by atoms with van der Waals surface area (Å²) in [4.78, 5) is 57.7. The fourth-order valence-electron chi connectivity index (χ4n) is 11.5. The van der Waals surface area contributed by atoms with Crippen molar-refractivity contribution < 1.29 is 0 Å². The van der Waals surface area contributed by atoms with Crippen LogP contribution < -0.4 is 0 Å². The zero-order valence-electron chi connectivity index (χ0n) is 48.7. The van der Waals surface area contributed by atoms with E-state index >= 15 is 0 Å². The van der Waals surface area contributed by atoms with Gasteiger partial charge in [-0.25, -0.2) is 54.8 Å². The summed E-state index contributed by atoms with van der Waals surface area (Å²) in [6.45, 7) is 0. The summed E-state index contributed by atoms with van der Waals surface area (Å²) in [6.07, 6.45) is 0. The van der Waals surface area contributed by atoms with Gasteiger partial charge < -0.3 is 4.57 Å². The summed E-state index contributed by atoms with van der Waals surface area (Å²) < 4.78 is 2.30. The Hall–Kier alpha value is -12.7. The molecule has 0 saturated carbocycles. The molecule has 0 radical (unpaired) electrons. The second-order valence-electron chi connectivity index (χ2n) is 21.8. The van der Waals surface area contributed by atoms with E-state index in [1.807, 2.05) is 218 Å². The molecule has 11 aromatic carbocycles. The molecular formula is C79H50N12. The first-order valence-corrected chi connectivity index (χ1v) is 29.9. The van der Waals surface area contributed by atoms with Gasteiger partial charge in [-0.3, -0.25) is 0 Å². The fourth-order valence-corrected chi connectivity index (χ4v) is 11.5. The van der Waals surface area contributed by atoms with Gasteiger partial charge in [-0.1, -0.05) is 267 Å². The Balaban J connectivity index is 0.994. The standard InChI is InChI=1S/C79H50N12/c1-9-25-51(26-10-1)65-50-66(52-27-11-2-12-28-52)81-79(80-65)64-47-59(76-85-70(53-29-13-3-14-30-53)82-71(86-76)54-31-15-4-16-32-54)43-46-67(64)91-68-48-60(77-87-72(55-33-17-5-18-34-55)83-73(88-77)56-35-19-6-20-36-56)41-44-62(68)63-45-42-61(49-69(63)91)78-89-74(57-37-21-7-22-38-57)84-75(90-78)58-39-23-8-24-40-58/h1-50H. The lowest BCUT2D eigenvalue weighted by Gasteiger charge is -2.17. The lowest BCUT2D eigenvalue weighted by Crippen LogP contribution is -2.04. The Kier molecular flexibility index (Phi) is 13.9. The van der Waals surface area contributed by atoms with Gasteiger partial charge in [0.2, 0.25) is 0 Å². The third-order valence-electron chi connectivity index (χ3n) is 16.0. The van der Waals surface area contributed by atoms with Crippen LogP contribution in [0, 0.1) is 0 Å². The van der Waals surface area contributed by atoms with Gasteiger partial charge in [0, 0.05) is 77.5 Å². The smallest absolute Gasteiger partial charge is 0.164 e. The number of hydrogen-bond acceptors (Lipinski definition) is 11. The molecule has 0 atom stereocenters. The minimum atomic E-state index is 0.478. The van der Waals surface area contributed by atoms with Crippen LogP contribution in [-0.2, 0) is 0 Å². The van der Waals surface area contributed by atoms with Crippen LogP contribution in [0.4, 0.5) is 0 Å². The van der Waals surface area contributed by atoms with Gasteiger partial charge in [-0.2, -0.15) is 0 Å². The minimum absolute atomic E-state index is 0.478. The number of rotatable bonds is 13. The maximum absolute atomic E-state index is 5.55. The van der Waals surface area contributed by atoms with Gasteiger partial charge in [0.1, 0.15) is 0 Å². The molecule has 0 amide bonds. The Morgan fingerprint density at radius 3 is 0.703 bits per heavy atom. The lowest BCUT2D eigenvalue weighted by atomic mass is 10.0. The van der Waals surface area contributed by atoms with Crippen LogP contribution in [0.1, 0.15) is 0 Å². The first-order valence-electron chi connectivity index (χ1n) is 29.9. The Bertz CT molecular complexity index is 4900. The average Bonchev–Trinajstić information content (AvgIpc) is 1.62. The second-order valence-corrected chi connectivity index (χ2v) is 21.8. The third-order valence-corrected chi connectivity index (χ3v) is 16.0. The molecule has 0 N–H and O–H groups in total. The van der Waals surface area contributed by atoms with E-state index in [-0.39, 0.29) is 0 Å². The van der Waals surface area contributed by atoms with Crippen LogP contribution in [0.2, 0.25) is 0 Å². The molecule has 0 saturated heterocycles. The summed E-state index contributed by atoms with van der Waals surface area (Å²) in [5.41, 5.74) is 14.1. The largest absolute Gasteiger partial charge is 0.308 e. The van der Waals surface area contributed by atoms with E-state index in [2.05, 4.69) is 89.5 Å². The molecule has 5 heterocycles. The van der Waals surface area contributed by atoms with Gasteiger partial charge in [0.15, 0.2) is 58.2 Å². The number of benzene rings is 11. The molecule has 0 bridgehead atoms. The highest BCUT2D eigenvalue weighted by molar-refractivity contribution is 6.11. The number of fused-ring (bicyclic) bond motifs is 3. The second kappa shape index (κ2) is 23.5. The molecule has 0 spiro atoms. The molecule has 0 unspecified atom stereocenters. The van der Waals surface area contributed by atoms with Crippen molar-refractivity contribution in [1.29, 1.82) is 0 Å². The maximum atomic E-state index is 5.55. The van der Waals surface area contributed by atoms with E-state index in [9.17, 15) is 0 Å². The normalized spacial score (nSPS) is 11.3. The molecule has 16 aromatic rings. The number of hydrogen-bond donors (Lipinski definition) is 0. The van der Waals surface area contributed by atoms with Crippen molar-refractivity contribution >= 4 is 21.8 Å². The molecule has 426 valence electrons. The molecule has 0 fully saturated rings. The fraction of sp³-hybridized carbons (Fsp3) is 0. The van der Waals surface area contributed by atoms with Gasteiger partial charge >= 0.3 is 0 Å². The zero-order valence-corrected chi connectivity index (χ0v) is 48.7. The quantitative estimate of drug-likeness (QED) is 0.109. The van der Waals surface area contributed by atoms with Gasteiger partial charge in [0.05, 0.1) is 28.1 Å². The predicted molar refractivity (Wildman–Crippen MR) is 362 cm³/mol. The highest BCUT2D eigenvalue weighted by atomic mass is 15.1. The van der Waals surface area contributed by atoms with E-state index in [0.717, 1.165) is 100 Å². The molecule has 16 rings (SSSR count). The maximum Gasteiger partial charge on any atom is 0.164 e. The summed E-state index contributed by atoms with van der Waals surface area (Å²) in [6, 6.07) is 102.